The second-order valence-electron chi connectivity index (χ2n) is 6.85. The molecule has 0 saturated carbocycles. The Morgan fingerprint density at radius 1 is 0.969 bits per heavy atom. The molecule has 3 aromatic rings. The summed E-state index contributed by atoms with van der Waals surface area (Å²) < 4.78 is 11.8. The number of aliphatic imine (C=N–C) groups is 1. The fourth-order valence-corrected chi connectivity index (χ4v) is 3.61. The molecule has 0 bridgehead atoms. The van der Waals surface area contributed by atoms with Gasteiger partial charge in [0.05, 0.1) is 32.3 Å². The highest BCUT2D eigenvalue weighted by molar-refractivity contribution is 14.1. The van der Waals surface area contributed by atoms with Crippen LogP contribution in [-0.4, -0.2) is 23.2 Å². The van der Waals surface area contributed by atoms with Crippen LogP contribution >= 0.6 is 22.6 Å². The number of halogens is 1. The van der Waals surface area contributed by atoms with Crippen molar-refractivity contribution in [3.63, 3.8) is 0 Å². The van der Waals surface area contributed by atoms with E-state index in [9.17, 15) is 20.2 Å². The molecule has 0 radical (unpaired) electrons. The monoisotopic (exact) mass is 547 g/mol. The van der Waals surface area contributed by atoms with Crippen molar-refractivity contribution < 1.29 is 19.3 Å². The zero-order valence-electron chi connectivity index (χ0n) is 17.4. The molecule has 0 aliphatic rings. The number of hydrogen-bond donors (Lipinski definition) is 0. The van der Waals surface area contributed by atoms with Crippen LogP contribution in [0.25, 0.3) is 0 Å². The maximum atomic E-state index is 11.4. The van der Waals surface area contributed by atoms with E-state index in [-0.39, 0.29) is 11.5 Å². The minimum absolute atomic E-state index is 0.131. The highest BCUT2D eigenvalue weighted by atomic mass is 127. The molecular formula is C22H18IN3O6. The van der Waals surface area contributed by atoms with Crippen LogP contribution in [0.5, 0.6) is 17.2 Å². The van der Waals surface area contributed by atoms with Gasteiger partial charge < -0.3 is 9.47 Å². The lowest BCUT2D eigenvalue weighted by atomic mass is 10.1. The molecule has 0 spiro atoms. The van der Waals surface area contributed by atoms with Gasteiger partial charge in [-0.1, -0.05) is 12.1 Å². The molecule has 10 heteroatoms. The average molecular weight is 547 g/mol. The standard InChI is InChI=1S/C22H18IN3O6/c1-13-4-5-14(2)18(8-13)24-12-15-9-17(23)22(21(10-15)31-3)32-20-7-6-16(25(27)28)11-19(20)26(29)30/h4-12H,1-3H3. The van der Waals surface area contributed by atoms with Crippen LogP contribution in [0.15, 0.2) is 53.5 Å². The van der Waals surface area contributed by atoms with E-state index < -0.39 is 21.2 Å². The number of rotatable bonds is 7. The zero-order valence-corrected chi connectivity index (χ0v) is 19.5. The summed E-state index contributed by atoms with van der Waals surface area (Å²) in [6.45, 7) is 3.97. The summed E-state index contributed by atoms with van der Waals surface area (Å²) in [5.74, 6) is 0.467. The van der Waals surface area contributed by atoms with E-state index >= 15 is 0 Å². The Labute approximate surface area is 197 Å². The molecular weight excluding hydrogens is 529 g/mol. The fourth-order valence-electron chi connectivity index (χ4n) is 2.87. The van der Waals surface area contributed by atoms with Crippen LogP contribution < -0.4 is 9.47 Å². The molecule has 0 amide bonds. The molecule has 3 rings (SSSR count). The zero-order chi connectivity index (χ0) is 23.4. The van der Waals surface area contributed by atoms with Gasteiger partial charge in [0.25, 0.3) is 5.69 Å². The summed E-state index contributed by atoms with van der Waals surface area (Å²) in [6, 6.07) is 12.7. The molecule has 0 heterocycles. The summed E-state index contributed by atoms with van der Waals surface area (Å²) in [5, 5.41) is 22.4. The largest absolute Gasteiger partial charge is 0.493 e. The molecule has 0 saturated heterocycles. The number of methoxy groups -OCH3 is 1. The van der Waals surface area contributed by atoms with Gasteiger partial charge in [0, 0.05) is 12.3 Å². The highest BCUT2D eigenvalue weighted by Crippen LogP contribution is 2.41. The fraction of sp³-hybridized carbons (Fsp3) is 0.136. The lowest BCUT2D eigenvalue weighted by Crippen LogP contribution is -1.99. The Hall–Kier alpha value is -3.54. The van der Waals surface area contributed by atoms with Crippen molar-refractivity contribution in [3.05, 3.63) is 89.0 Å². The quantitative estimate of drug-likeness (QED) is 0.149. The van der Waals surface area contributed by atoms with Crippen LogP contribution in [0.4, 0.5) is 17.1 Å². The molecule has 0 N–H and O–H groups in total. The lowest BCUT2D eigenvalue weighted by molar-refractivity contribution is -0.394. The third-order valence-electron chi connectivity index (χ3n) is 4.53. The average Bonchev–Trinajstić information content (AvgIpc) is 2.75. The van der Waals surface area contributed by atoms with E-state index in [0.29, 0.717) is 9.32 Å². The van der Waals surface area contributed by atoms with E-state index in [0.717, 1.165) is 34.5 Å². The first kappa shape index (κ1) is 23.1. The molecule has 9 nitrogen and oxygen atoms in total. The molecule has 3 aromatic carbocycles. The smallest absolute Gasteiger partial charge is 0.318 e. The van der Waals surface area contributed by atoms with Gasteiger partial charge in [-0.05, 0) is 77.4 Å². The predicted molar refractivity (Wildman–Crippen MR) is 129 cm³/mol. The first-order chi connectivity index (χ1) is 15.2. The summed E-state index contributed by atoms with van der Waals surface area (Å²) in [4.78, 5) is 25.5. The minimum Gasteiger partial charge on any atom is -0.493 e. The number of benzene rings is 3. The maximum Gasteiger partial charge on any atom is 0.318 e. The van der Waals surface area contributed by atoms with Crippen LogP contribution in [0.2, 0.25) is 0 Å². The minimum atomic E-state index is -0.729. The molecule has 164 valence electrons. The number of aryl methyl sites for hydroxylation is 2. The second-order valence-corrected chi connectivity index (χ2v) is 8.01. The van der Waals surface area contributed by atoms with Gasteiger partial charge in [0.1, 0.15) is 0 Å². The van der Waals surface area contributed by atoms with E-state index in [1.54, 1.807) is 18.3 Å². The SMILES string of the molecule is COc1cc(C=Nc2cc(C)ccc2C)cc(I)c1Oc1ccc([N+](=O)[O-])cc1[N+](=O)[O-]. The number of nitrogens with zero attached hydrogens (tertiary/aromatic N) is 3. The van der Waals surface area contributed by atoms with Gasteiger partial charge in [-0.2, -0.15) is 0 Å². The van der Waals surface area contributed by atoms with Crippen molar-refractivity contribution in [2.75, 3.05) is 7.11 Å². The van der Waals surface area contributed by atoms with Gasteiger partial charge >= 0.3 is 5.69 Å². The number of nitro groups is 2. The third-order valence-corrected chi connectivity index (χ3v) is 5.33. The molecule has 0 unspecified atom stereocenters. The van der Waals surface area contributed by atoms with Crippen LogP contribution in [0.1, 0.15) is 16.7 Å². The van der Waals surface area contributed by atoms with E-state index in [1.165, 1.54) is 13.2 Å². The van der Waals surface area contributed by atoms with Gasteiger partial charge in [0.2, 0.25) is 5.75 Å². The Morgan fingerprint density at radius 3 is 2.38 bits per heavy atom. The van der Waals surface area contributed by atoms with E-state index in [1.807, 2.05) is 54.6 Å². The molecule has 0 aliphatic heterocycles. The van der Waals surface area contributed by atoms with Crippen molar-refractivity contribution in [1.82, 2.24) is 0 Å². The van der Waals surface area contributed by atoms with E-state index in [4.69, 9.17) is 9.47 Å². The second kappa shape index (κ2) is 9.73. The van der Waals surface area contributed by atoms with Crippen LogP contribution in [-0.2, 0) is 0 Å². The summed E-state index contributed by atoms with van der Waals surface area (Å²) in [6.07, 6.45) is 1.70. The molecule has 0 aliphatic carbocycles. The highest BCUT2D eigenvalue weighted by Gasteiger charge is 2.23. The Bertz CT molecular complexity index is 1240. The Kier molecular flexibility index (Phi) is 7.03. The van der Waals surface area contributed by atoms with E-state index in [2.05, 4.69) is 4.99 Å². The van der Waals surface area contributed by atoms with Gasteiger partial charge in [-0.25, -0.2) is 0 Å². The van der Waals surface area contributed by atoms with Gasteiger partial charge in [0.15, 0.2) is 11.5 Å². The summed E-state index contributed by atoms with van der Waals surface area (Å²) >= 11 is 2.03. The summed E-state index contributed by atoms with van der Waals surface area (Å²) in [7, 11) is 1.45. The van der Waals surface area contributed by atoms with Crippen molar-refractivity contribution in [2.45, 2.75) is 13.8 Å². The van der Waals surface area contributed by atoms with Crippen molar-refractivity contribution in [2.24, 2.45) is 4.99 Å². The normalized spacial score (nSPS) is 10.9. The third kappa shape index (κ3) is 5.19. The molecule has 0 aromatic heterocycles. The first-order valence-electron chi connectivity index (χ1n) is 9.29. The summed E-state index contributed by atoms with van der Waals surface area (Å²) in [5.41, 5.74) is 2.82. The predicted octanol–water partition coefficient (Wildman–Crippen LogP) is 6.28. The molecule has 0 fully saturated rings. The first-order valence-corrected chi connectivity index (χ1v) is 10.4. The Balaban J connectivity index is 1.97. The maximum absolute atomic E-state index is 11.4. The number of nitro benzene ring substituents is 2. The van der Waals surface area contributed by atoms with Gasteiger partial charge in [-0.15, -0.1) is 0 Å². The van der Waals surface area contributed by atoms with Crippen LogP contribution in [0, 0.1) is 37.6 Å². The number of ether oxygens (including phenoxy) is 2. The molecule has 0 atom stereocenters. The van der Waals surface area contributed by atoms with Crippen molar-refractivity contribution in [1.29, 1.82) is 0 Å². The van der Waals surface area contributed by atoms with Gasteiger partial charge in [-0.3, -0.25) is 25.2 Å². The lowest BCUT2D eigenvalue weighted by Gasteiger charge is -2.13. The van der Waals surface area contributed by atoms with Crippen molar-refractivity contribution >= 4 is 45.9 Å². The van der Waals surface area contributed by atoms with Crippen molar-refractivity contribution in [3.8, 4) is 17.2 Å². The molecule has 32 heavy (non-hydrogen) atoms. The number of hydrogen-bond acceptors (Lipinski definition) is 7. The van der Waals surface area contributed by atoms with Crippen LogP contribution in [0.3, 0.4) is 0 Å². The number of non-ortho nitro benzene ring substituents is 1. The Morgan fingerprint density at radius 2 is 1.72 bits per heavy atom. The topological polar surface area (TPSA) is 117 Å².